The smallest absolute Gasteiger partial charge is 0.0940 e. The number of nitrogens with zero attached hydrogens (tertiary/aromatic N) is 4. The van der Waals surface area contributed by atoms with Crippen molar-refractivity contribution < 1.29 is 0 Å². The summed E-state index contributed by atoms with van der Waals surface area (Å²) in [5.74, 6) is 0. The third-order valence-electron chi connectivity index (χ3n) is 3.54. The van der Waals surface area contributed by atoms with Crippen molar-refractivity contribution in [2.24, 2.45) is 0 Å². The molecule has 2 unspecified atom stereocenters. The lowest BCUT2D eigenvalue weighted by Crippen LogP contribution is -2.44. The maximum atomic E-state index is 2.54. The summed E-state index contributed by atoms with van der Waals surface area (Å²) >= 11 is 0. The first-order chi connectivity index (χ1) is 6.69. The minimum absolute atomic E-state index is 0.602. The highest BCUT2D eigenvalue weighted by atomic mass is 15.6. The second-order valence-corrected chi connectivity index (χ2v) is 4.43. The van der Waals surface area contributed by atoms with Gasteiger partial charge in [0.15, 0.2) is 0 Å². The molecular weight excluding hydrogens is 176 g/mol. The molecule has 2 aliphatic rings. The molecule has 0 bridgehead atoms. The van der Waals surface area contributed by atoms with Crippen LogP contribution in [0.3, 0.4) is 0 Å². The number of hydrogen-bond acceptors (Lipinski definition) is 4. The molecular formula is C10H22N4. The quantitative estimate of drug-likeness (QED) is 0.623. The molecule has 0 N–H and O–H groups in total. The van der Waals surface area contributed by atoms with E-state index in [0.29, 0.717) is 12.3 Å². The maximum Gasteiger partial charge on any atom is 0.0940 e. The Kier molecular flexibility index (Phi) is 2.79. The highest BCUT2D eigenvalue weighted by molar-refractivity contribution is 4.94. The van der Waals surface area contributed by atoms with Crippen molar-refractivity contribution in [3.8, 4) is 0 Å². The van der Waals surface area contributed by atoms with E-state index in [1.54, 1.807) is 0 Å². The van der Waals surface area contributed by atoms with Crippen LogP contribution >= 0.6 is 0 Å². The molecule has 2 fully saturated rings. The molecule has 82 valence electrons. The molecule has 0 aliphatic carbocycles. The molecule has 2 heterocycles. The van der Waals surface area contributed by atoms with Gasteiger partial charge in [-0.25, -0.2) is 0 Å². The first-order valence-electron chi connectivity index (χ1n) is 5.57. The standard InChI is InChI=1S/C10H22N4/c1-5-13-7-11(3)10-9(13)12(4)8-14(10)6-2/h9-10H,5-8H2,1-4H3. The van der Waals surface area contributed by atoms with Crippen LogP contribution in [-0.4, -0.2) is 72.5 Å². The molecule has 2 saturated heterocycles. The van der Waals surface area contributed by atoms with Gasteiger partial charge < -0.3 is 0 Å². The minimum atomic E-state index is 0.602. The van der Waals surface area contributed by atoms with Gasteiger partial charge in [-0.05, 0) is 27.2 Å². The molecule has 0 aromatic carbocycles. The van der Waals surface area contributed by atoms with Crippen molar-refractivity contribution in [2.75, 3.05) is 40.5 Å². The van der Waals surface area contributed by atoms with Crippen molar-refractivity contribution in [1.82, 2.24) is 19.6 Å². The van der Waals surface area contributed by atoms with Gasteiger partial charge in [-0.15, -0.1) is 0 Å². The van der Waals surface area contributed by atoms with Gasteiger partial charge in [0.1, 0.15) is 0 Å². The fourth-order valence-electron chi connectivity index (χ4n) is 2.87. The zero-order valence-electron chi connectivity index (χ0n) is 9.77. The fourth-order valence-corrected chi connectivity index (χ4v) is 2.87. The van der Waals surface area contributed by atoms with Crippen molar-refractivity contribution in [3.63, 3.8) is 0 Å². The van der Waals surface area contributed by atoms with E-state index in [4.69, 9.17) is 0 Å². The third-order valence-corrected chi connectivity index (χ3v) is 3.54. The van der Waals surface area contributed by atoms with Gasteiger partial charge in [-0.1, -0.05) is 13.8 Å². The third kappa shape index (κ3) is 1.37. The van der Waals surface area contributed by atoms with E-state index < -0.39 is 0 Å². The van der Waals surface area contributed by atoms with Crippen LogP contribution in [0.2, 0.25) is 0 Å². The SMILES string of the molecule is CCN1CN(C)C2C1N(C)CN2CC. The lowest BCUT2D eigenvalue weighted by atomic mass is 10.3. The highest BCUT2D eigenvalue weighted by Gasteiger charge is 2.47. The number of hydrogen-bond donors (Lipinski definition) is 0. The van der Waals surface area contributed by atoms with Crippen LogP contribution in [0.15, 0.2) is 0 Å². The Hall–Kier alpha value is -0.160. The second kappa shape index (κ2) is 3.77. The first kappa shape index (κ1) is 10.4. The molecule has 0 spiro atoms. The van der Waals surface area contributed by atoms with E-state index in [1.807, 2.05) is 0 Å². The summed E-state index contributed by atoms with van der Waals surface area (Å²) in [6.45, 7) is 9.00. The molecule has 0 saturated carbocycles. The summed E-state index contributed by atoms with van der Waals surface area (Å²) in [4.78, 5) is 10.0. The van der Waals surface area contributed by atoms with Gasteiger partial charge in [-0.2, -0.15) is 0 Å². The van der Waals surface area contributed by atoms with E-state index in [2.05, 4.69) is 47.5 Å². The highest BCUT2D eigenvalue weighted by Crippen LogP contribution is 2.29. The molecule has 14 heavy (non-hydrogen) atoms. The van der Waals surface area contributed by atoms with Crippen LogP contribution in [0.1, 0.15) is 13.8 Å². The first-order valence-corrected chi connectivity index (χ1v) is 5.57. The van der Waals surface area contributed by atoms with Gasteiger partial charge >= 0.3 is 0 Å². The van der Waals surface area contributed by atoms with Crippen molar-refractivity contribution in [2.45, 2.75) is 26.2 Å². The zero-order valence-corrected chi connectivity index (χ0v) is 9.77. The topological polar surface area (TPSA) is 13.0 Å². The lowest BCUT2D eigenvalue weighted by Gasteiger charge is -2.26. The summed E-state index contributed by atoms with van der Waals surface area (Å²) in [5, 5.41) is 0. The van der Waals surface area contributed by atoms with E-state index >= 15 is 0 Å². The van der Waals surface area contributed by atoms with E-state index in [0.717, 1.165) is 26.4 Å². The Morgan fingerprint density at radius 1 is 0.857 bits per heavy atom. The van der Waals surface area contributed by atoms with Crippen LogP contribution in [0.5, 0.6) is 0 Å². The Morgan fingerprint density at radius 2 is 1.21 bits per heavy atom. The average molecular weight is 198 g/mol. The Morgan fingerprint density at radius 3 is 1.50 bits per heavy atom. The van der Waals surface area contributed by atoms with Gasteiger partial charge in [0.25, 0.3) is 0 Å². The molecule has 4 nitrogen and oxygen atoms in total. The molecule has 4 heteroatoms. The van der Waals surface area contributed by atoms with E-state index in [1.165, 1.54) is 0 Å². The van der Waals surface area contributed by atoms with E-state index in [-0.39, 0.29) is 0 Å². The van der Waals surface area contributed by atoms with Crippen molar-refractivity contribution >= 4 is 0 Å². The average Bonchev–Trinajstić information content (AvgIpc) is 2.67. The Bertz CT molecular complexity index is 186. The Labute approximate surface area is 87.1 Å². The van der Waals surface area contributed by atoms with Gasteiger partial charge in [0, 0.05) is 0 Å². The summed E-state index contributed by atoms with van der Waals surface area (Å²) in [7, 11) is 4.46. The summed E-state index contributed by atoms with van der Waals surface area (Å²) in [6, 6.07) is 0. The summed E-state index contributed by atoms with van der Waals surface area (Å²) in [6.07, 6.45) is 1.20. The molecule has 0 aromatic heterocycles. The van der Waals surface area contributed by atoms with Gasteiger partial charge in [0.05, 0.1) is 25.7 Å². The molecule has 0 aromatic rings. The maximum absolute atomic E-state index is 2.54. The van der Waals surface area contributed by atoms with Gasteiger partial charge in [-0.3, -0.25) is 19.6 Å². The van der Waals surface area contributed by atoms with Crippen molar-refractivity contribution in [3.05, 3.63) is 0 Å². The molecule has 2 rings (SSSR count). The second-order valence-electron chi connectivity index (χ2n) is 4.43. The number of fused-ring (bicyclic) bond motifs is 1. The van der Waals surface area contributed by atoms with Crippen LogP contribution in [0.25, 0.3) is 0 Å². The lowest BCUT2D eigenvalue weighted by molar-refractivity contribution is 0.114. The molecule has 0 amide bonds. The zero-order chi connectivity index (χ0) is 10.3. The predicted molar refractivity (Wildman–Crippen MR) is 57.6 cm³/mol. The molecule has 0 radical (unpaired) electrons. The van der Waals surface area contributed by atoms with Crippen LogP contribution < -0.4 is 0 Å². The summed E-state index contributed by atoms with van der Waals surface area (Å²) < 4.78 is 0. The van der Waals surface area contributed by atoms with Crippen LogP contribution in [-0.2, 0) is 0 Å². The number of rotatable bonds is 2. The van der Waals surface area contributed by atoms with E-state index in [9.17, 15) is 0 Å². The molecule has 2 atom stereocenters. The van der Waals surface area contributed by atoms with Crippen LogP contribution in [0, 0.1) is 0 Å². The van der Waals surface area contributed by atoms with Gasteiger partial charge in [0.2, 0.25) is 0 Å². The molecule has 2 aliphatic heterocycles. The Balaban J connectivity index is 2.17. The van der Waals surface area contributed by atoms with Crippen molar-refractivity contribution in [1.29, 1.82) is 0 Å². The summed E-state index contributed by atoms with van der Waals surface area (Å²) in [5.41, 5.74) is 0. The largest absolute Gasteiger partial charge is 0.275 e. The van der Waals surface area contributed by atoms with Crippen LogP contribution in [0.4, 0.5) is 0 Å². The fraction of sp³-hybridized carbons (Fsp3) is 1.00. The monoisotopic (exact) mass is 198 g/mol. The number of likely N-dealkylation sites (N-methyl/N-ethyl adjacent to an activating group) is 4. The minimum Gasteiger partial charge on any atom is -0.275 e. The normalized spacial score (nSPS) is 36.9. The predicted octanol–water partition coefficient (Wildman–Crippen LogP) is 0.0882.